The quantitative estimate of drug-likeness (QED) is 0.511. The fraction of sp³-hybridized carbons (Fsp3) is 0.571. The van der Waals surface area contributed by atoms with Crippen LogP contribution >= 0.6 is 23.1 Å². The molecule has 3 rings (SSSR count). The summed E-state index contributed by atoms with van der Waals surface area (Å²) in [6.07, 6.45) is 5.40. The summed E-state index contributed by atoms with van der Waals surface area (Å²) in [6.45, 7) is 11.5. The molecule has 0 saturated heterocycles. The topological polar surface area (TPSA) is 51.0 Å². The average molecular weight is 419 g/mol. The first kappa shape index (κ1) is 21.1. The molecule has 152 valence electrons. The lowest BCUT2D eigenvalue weighted by Gasteiger charge is -2.33. The van der Waals surface area contributed by atoms with Crippen molar-refractivity contribution in [2.45, 2.75) is 51.7 Å². The van der Waals surface area contributed by atoms with Gasteiger partial charge in [-0.25, -0.2) is 0 Å². The van der Waals surface area contributed by atoms with E-state index in [1.807, 2.05) is 17.4 Å². The Kier molecular flexibility index (Phi) is 6.34. The van der Waals surface area contributed by atoms with E-state index in [9.17, 15) is 4.79 Å². The predicted octanol–water partition coefficient (Wildman–Crippen LogP) is 4.52. The smallest absolute Gasteiger partial charge is 0.232 e. The highest BCUT2D eigenvalue weighted by Gasteiger charge is 2.30. The van der Waals surface area contributed by atoms with E-state index in [0.717, 1.165) is 29.7 Å². The van der Waals surface area contributed by atoms with Gasteiger partial charge in [-0.2, -0.15) is 0 Å². The lowest BCUT2D eigenvalue weighted by Crippen LogP contribution is -2.26. The SMILES string of the molecule is C=CCn1c(SCC(=O)N(C)C)nnc1-c1cc2c(s1)CCC(C(C)(C)C)C2. The van der Waals surface area contributed by atoms with Gasteiger partial charge in [0, 0.05) is 25.5 Å². The molecule has 7 heteroatoms. The van der Waals surface area contributed by atoms with Crippen LogP contribution in [-0.4, -0.2) is 45.4 Å². The van der Waals surface area contributed by atoms with Crippen molar-refractivity contribution in [3.63, 3.8) is 0 Å². The normalized spacial score (nSPS) is 16.7. The van der Waals surface area contributed by atoms with Crippen molar-refractivity contribution < 1.29 is 4.79 Å². The molecule has 0 saturated carbocycles. The highest BCUT2D eigenvalue weighted by molar-refractivity contribution is 7.99. The lowest BCUT2D eigenvalue weighted by atomic mass is 9.72. The van der Waals surface area contributed by atoms with E-state index in [1.54, 1.807) is 19.0 Å². The molecular formula is C21H30N4OS2. The zero-order chi connectivity index (χ0) is 20.5. The van der Waals surface area contributed by atoms with Gasteiger partial charge < -0.3 is 4.90 Å². The zero-order valence-corrected chi connectivity index (χ0v) is 19.1. The van der Waals surface area contributed by atoms with Gasteiger partial charge in [0.25, 0.3) is 0 Å². The second kappa shape index (κ2) is 8.41. The Bertz CT molecular complexity index is 860. The number of fused-ring (bicyclic) bond motifs is 1. The molecule has 2 aromatic heterocycles. The Morgan fingerprint density at radius 3 is 2.82 bits per heavy atom. The molecule has 0 aromatic carbocycles. The molecule has 0 fully saturated rings. The largest absolute Gasteiger partial charge is 0.348 e. The minimum atomic E-state index is 0.0690. The fourth-order valence-corrected chi connectivity index (χ4v) is 5.63. The minimum Gasteiger partial charge on any atom is -0.348 e. The first-order valence-electron chi connectivity index (χ1n) is 9.69. The summed E-state index contributed by atoms with van der Waals surface area (Å²) in [7, 11) is 3.54. The number of aromatic nitrogens is 3. The van der Waals surface area contributed by atoms with Crippen LogP contribution in [0, 0.1) is 11.3 Å². The molecule has 1 aliphatic carbocycles. The highest BCUT2D eigenvalue weighted by atomic mass is 32.2. The number of rotatable bonds is 6. The maximum atomic E-state index is 11.9. The molecule has 2 heterocycles. The van der Waals surface area contributed by atoms with Crippen LogP contribution < -0.4 is 0 Å². The van der Waals surface area contributed by atoms with Crippen molar-refractivity contribution in [3.05, 3.63) is 29.2 Å². The van der Waals surface area contributed by atoms with Crippen molar-refractivity contribution in [1.82, 2.24) is 19.7 Å². The molecule has 28 heavy (non-hydrogen) atoms. The second-order valence-electron chi connectivity index (χ2n) is 8.65. The van der Waals surface area contributed by atoms with Crippen LogP contribution in [0.4, 0.5) is 0 Å². The Hall–Kier alpha value is -1.60. The van der Waals surface area contributed by atoms with Crippen LogP contribution in [0.15, 0.2) is 23.9 Å². The Morgan fingerprint density at radius 1 is 1.43 bits per heavy atom. The van der Waals surface area contributed by atoms with Gasteiger partial charge in [0.15, 0.2) is 11.0 Å². The number of hydrogen-bond acceptors (Lipinski definition) is 5. The Morgan fingerprint density at radius 2 is 2.18 bits per heavy atom. The van der Waals surface area contributed by atoms with Crippen LogP contribution in [0.5, 0.6) is 0 Å². The van der Waals surface area contributed by atoms with Gasteiger partial charge in [-0.05, 0) is 42.2 Å². The second-order valence-corrected chi connectivity index (χ2v) is 10.7. The average Bonchev–Trinajstić information content (AvgIpc) is 3.22. The summed E-state index contributed by atoms with van der Waals surface area (Å²) >= 11 is 3.27. The molecule has 0 bridgehead atoms. The summed E-state index contributed by atoms with van der Waals surface area (Å²) in [4.78, 5) is 16.2. The summed E-state index contributed by atoms with van der Waals surface area (Å²) < 4.78 is 2.07. The molecule has 5 nitrogen and oxygen atoms in total. The molecule has 2 aromatic rings. The van der Waals surface area contributed by atoms with Gasteiger partial charge in [-0.1, -0.05) is 38.6 Å². The molecule has 1 amide bonds. The molecule has 1 unspecified atom stereocenters. The van der Waals surface area contributed by atoms with E-state index in [4.69, 9.17) is 0 Å². The van der Waals surface area contributed by atoms with Crippen LogP contribution in [0.1, 0.15) is 37.6 Å². The molecule has 0 spiro atoms. The van der Waals surface area contributed by atoms with Gasteiger partial charge in [0.2, 0.25) is 5.91 Å². The number of thiophene rings is 1. The summed E-state index contributed by atoms with van der Waals surface area (Å²) in [5.74, 6) is 2.03. The first-order valence-corrected chi connectivity index (χ1v) is 11.5. The van der Waals surface area contributed by atoms with Crippen LogP contribution in [0.25, 0.3) is 10.7 Å². The summed E-state index contributed by atoms with van der Waals surface area (Å²) in [5, 5.41) is 9.60. The van der Waals surface area contributed by atoms with E-state index in [-0.39, 0.29) is 5.91 Å². The summed E-state index contributed by atoms with van der Waals surface area (Å²) in [6, 6.07) is 2.31. The van der Waals surface area contributed by atoms with Crippen LogP contribution in [0.3, 0.4) is 0 Å². The third-order valence-corrected chi connectivity index (χ3v) is 7.56. The maximum Gasteiger partial charge on any atom is 0.232 e. The predicted molar refractivity (Wildman–Crippen MR) is 118 cm³/mol. The maximum absolute atomic E-state index is 11.9. The van der Waals surface area contributed by atoms with Crippen molar-refractivity contribution in [2.75, 3.05) is 19.8 Å². The van der Waals surface area contributed by atoms with Crippen LogP contribution in [-0.2, 0) is 24.2 Å². The third kappa shape index (κ3) is 4.51. The highest BCUT2D eigenvalue weighted by Crippen LogP contribution is 2.42. The number of aryl methyl sites for hydroxylation is 1. The minimum absolute atomic E-state index is 0.0690. The van der Waals surface area contributed by atoms with E-state index < -0.39 is 0 Å². The number of allylic oxidation sites excluding steroid dienone is 1. The molecule has 0 N–H and O–H groups in total. The first-order chi connectivity index (χ1) is 13.2. The number of carbonyl (C=O) groups is 1. The number of thioether (sulfide) groups is 1. The third-order valence-electron chi connectivity index (χ3n) is 5.38. The van der Waals surface area contributed by atoms with Crippen molar-refractivity contribution >= 4 is 29.0 Å². The van der Waals surface area contributed by atoms with E-state index >= 15 is 0 Å². The monoisotopic (exact) mass is 418 g/mol. The van der Waals surface area contributed by atoms with E-state index in [2.05, 4.69) is 48.2 Å². The Labute approximate surface area is 176 Å². The number of nitrogens with zero attached hydrogens (tertiary/aromatic N) is 4. The summed E-state index contributed by atoms with van der Waals surface area (Å²) in [5.41, 5.74) is 1.81. The van der Waals surface area contributed by atoms with Gasteiger partial charge in [0.05, 0.1) is 10.6 Å². The van der Waals surface area contributed by atoms with Crippen molar-refractivity contribution in [3.8, 4) is 10.7 Å². The van der Waals surface area contributed by atoms with Crippen LogP contribution in [0.2, 0.25) is 0 Å². The molecule has 0 radical (unpaired) electrons. The zero-order valence-electron chi connectivity index (χ0n) is 17.5. The van der Waals surface area contributed by atoms with E-state index in [1.165, 1.54) is 33.5 Å². The van der Waals surface area contributed by atoms with E-state index in [0.29, 0.717) is 17.7 Å². The lowest BCUT2D eigenvalue weighted by molar-refractivity contribution is -0.125. The number of hydrogen-bond donors (Lipinski definition) is 0. The Balaban J connectivity index is 1.85. The number of carbonyl (C=O) groups excluding carboxylic acids is 1. The van der Waals surface area contributed by atoms with Gasteiger partial charge >= 0.3 is 0 Å². The van der Waals surface area contributed by atoms with Gasteiger partial charge in [-0.15, -0.1) is 28.1 Å². The van der Waals surface area contributed by atoms with Crippen molar-refractivity contribution in [2.24, 2.45) is 11.3 Å². The molecule has 1 aliphatic rings. The number of amides is 1. The van der Waals surface area contributed by atoms with Gasteiger partial charge in [-0.3, -0.25) is 9.36 Å². The van der Waals surface area contributed by atoms with Crippen molar-refractivity contribution in [1.29, 1.82) is 0 Å². The standard InChI is InChI=1S/C21H30N4OS2/c1-7-10-25-19(22-23-20(25)27-13-18(26)24(5)6)17-12-14-11-15(21(2,3)4)8-9-16(14)28-17/h7,12,15H,1,8-11,13H2,2-6H3. The molecule has 0 aliphatic heterocycles. The fourth-order valence-electron chi connectivity index (χ4n) is 3.50. The molecule has 1 atom stereocenters. The van der Waals surface area contributed by atoms with Gasteiger partial charge in [0.1, 0.15) is 0 Å². The molecular weight excluding hydrogens is 388 g/mol.